The van der Waals surface area contributed by atoms with Crippen molar-refractivity contribution in [1.82, 2.24) is 0 Å². The Bertz CT molecular complexity index is 830. The Hall–Kier alpha value is -1.30. The summed E-state index contributed by atoms with van der Waals surface area (Å²) in [5, 5.41) is 13.0. The summed E-state index contributed by atoms with van der Waals surface area (Å²) >= 11 is 1.85. The number of thioether (sulfide) groups is 1. The zero-order valence-electron chi connectivity index (χ0n) is 16.2. The molecule has 1 atom stereocenters. The first-order valence-electron chi connectivity index (χ1n) is 9.33. The van der Waals surface area contributed by atoms with Gasteiger partial charge in [0, 0.05) is 11.3 Å². The van der Waals surface area contributed by atoms with Crippen molar-refractivity contribution >= 4 is 22.6 Å². The van der Waals surface area contributed by atoms with Gasteiger partial charge in [-0.25, -0.2) is 4.58 Å². The van der Waals surface area contributed by atoms with E-state index in [0.717, 1.165) is 30.0 Å². The summed E-state index contributed by atoms with van der Waals surface area (Å²) in [7, 11) is 0. The Kier molecular flexibility index (Phi) is 5.76. The molecule has 1 unspecified atom stereocenters. The van der Waals surface area contributed by atoms with E-state index < -0.39 is 5.72 Å². The molecule has 0 bridgehead atoms. The standard InChI is InChI=1S/C22H27N2OS.BrH/c1-21(2,3)17-10-12-18(13-11-17)22(25)16-23-14-7-15-26-20(23)24(22)19-8-5-4-6-9-19;/h4-6,8-13,25H,7,14-16H2,1-3H3;1H/q+1;/p-1. The topological polar surface area (TPSA) is 26.5 Å². The number of hydrogen-bond acceptors (Lipinski definition) is 3. The summed E-state index contributed by atoms with van der Waals surface area (Å²) in [5.41, 5.74) is 2.36. The lowest BCUT2D eigenvalue weighted by Gasteiger charge is -2.29. The molecule has 4 rings (SSSR count). The first-order valence-corrected chi connectivity index (χ1v) is 10.3. The van der Waals surface area contributed by atoms with Gasteiger partial charge in [0.05, 0.1) is 6.54 Å². The lowest BCUT2D eigenvalue weighted by atomic mass is 9.86. The van der Waals surface area contributed by atoms with Crippen molar-refractivity contribution in [2.45, 2.75) is 38.3 Å². The third kappa shape index (κ3) is 3.69. The highest BCUT2D eigenvalue weighted by Gasteiger charge is 2.55. The van der Waals surface area contributed by atoms with Crippen LogP contribution in [0.3, 0.4) is 0 Å². The maximum atomic E-state index is 11.9. The number of anilines is 1. The molecule has 2 aliphatic rings. The van der Waals surface area contributed by atoms with Crippen molar-refractivity contribution in [1.29, 1.82) is 0 Å². The lowest BCUT2D eigenvalue weighted by Crippen LogP contribution is -3.00. The maximum Gasteiger partial charge on any atom is 0.316 e. The van der Waals surface area contributed by atoms with E-state index in [4.69, 9.17) is 0 Å². The highest BCUT2D eigenvalue weighted by molar-refractivity contribution is 8.14. The van der Waals surface area contributed by atoms with Crippen molar-refractivity contribution in [3.63, 3.8) is 0 Å². The maximum absolute atomic E-state index is 11.9. The molecule has 2 aromatic carbocycles. The summed E-state index contributed by atoms with van der Waals surface area (Å²) < 4.78 is 2.33. The summed E-state index contributed by atoms with van der Waals surface area (Å²) in [6, 6.07) is 18.8. The van der Waals surface area contributed by atoms with Crippen LogP contribution in [0.25, 0.3) is 0 Å². The number of nitrogens with zero attached hydrogens (tertiary/aromatic N) is 2. The zero-order valence-corrected chi connectivity index (χ0v) is 18.6. The van der Waals surface area contributed by atoms with E-state index in [1.807, 2.05) is 30.0 Å². The first kappa shape index (κ1) is 20.4. The van der Waals surface area contributed by atoms with Crippen LogP contribution in [-0.2, 0) is 11.1 Å². The monoisotopic (exact) mass is 446 g/mol. The molecule has 0 fully saturated rings. The molecule has 0 aromatic heterocycles. The van der Waals surface area contributed by atoms with Crippen LogP contribution in [0, 0.1) is 0 Å². The van der Waals surface area contributed by atoms with Crippen LogP contribution in [0.2, 0.25) is 0 Å². The van der Waals surface area contributed by atoms with Gasteiger partial charge in [0.15, 0.2) is 6.54 Å². The molecular weight excluding hydrogens is 420 g/mol. The Labute approximate surface area is 176 Å². The minimum Gasteiger partial charge on any atom is -1.00 e. The van der Waals surface area contributed by atoms with Gasteiger partial charge >= 0.3 is 5.17 Å². The van der Waals surface area contributed by atoms with Crippen LogP contribution in [0.15, 0.2) is 54.6 Å². The molecule has 0 spiro atoms. The van der Waals surface area contributed by atoms with Gasteiger partial charge in [-0.05, 0) is 41.3 Å². The van der Waals surface area contributed by atoms with Crippen molar-refractivity contribution in [2.24, 2.45) is 0 Å². The third-order valence-electron chi connectivity index (χ3n) is 5.27. The van der Waals surface area contributed by atoms with Crippen LogP contribution in [0.1, 0.15) is 38.3 Å². The Morgan fingerprint density at radius 1 is 1.04 bits per heavy atom. The Morgan fingerprint density at radius 3 is 2.33 bits per heavy atom. The smallest absolute Gasteiger partial charge is 0.316 e. The number of rotatable bonds is 2. The number of aliphatic hydroxyl groups is 1. The van der Waals surface area contributed by atoms with Gasteiger partial charge in [-0.1, -0.05) is 63.2 Å². The second kappa shape index (κ2) is 7.61. The number of halogens is 1. The van der Waals surface area contributed by atoms with Gasteiger partial charge in [0.25, 0.3) is 5.72 Å². The summed E-state index contributed by atoms with van der Waals surface area (Å²) in [5.74, 6) is 1.11. The molecule has 0 aliphatic carbocycles. The fraction of sp³-hybridized carbons (Fsp3) is 0.409. The summed E-state index contributed by atoms with van der Waals surface area (Å²) in [6.45, 7) is 8.27. The average Bonchev–Trinajstić information content (AvgIpc) is 2.95. The molecule has 0 radical (unpaired) electrons. The zero-order chi connectivity index (χ0) is 18.4. The fourth-order valence-corrected chi connectivity index (χ4v) is 4.99. The van der Waals surface area contributed by atoms with E-state index in [1.54, 1.807) is 0 Å². The first-order chi connectivity index (χ1) is 12.4. The molecule has 0 saturated carbocycles. The van der Waals surface area contributed by atoms with Crippen LogP contribution in [0.5, 0.6) is 0 Å². The second-order valence-electron chi connectivity index (χ2n) is 8.22. The van der Waals surface area contributed by atoms with Gasteiger partial charge < -0.3 is 22.1 Å². The fourth-order valence-electron chi connectivity index (χ4n) is 3.81. The van der Waals surface area contributed by atoms with Gasteiger partial charge in [0.2, 0.25) is 0 Å². The van der Waals surface area contributed by atoms with E-state index in [1.165, 1.54) is 10.7 Å². The van der Waals surface area contributed by atoms with Crippen LogP contribution < -0.4 is 21.9 Å². The SMILES string of the molecule is CC(C)(C)c1ccc(C2(O)C[N+]3=C(SCCC3)N2c2ccccc2)cc1.[Br-]. The molecule has 3 nitrogen and oxygen atoms in total. The number of para-hydroxylation sites is 1. The van der Waals surface area contributed by atoms with Gasteiger partial charge in [0.1, 0.15) is 5.69 Å². The van der Waals surface area contributed by atoms with Crippen molar-refractivity contribution in [3.8, 4) is 0 Å². The molecule has 2 aromatic rings. The molecule has 0 saturated heterocycles. The highest BCUT2D eigenvalue weighted by atomic mass is 79.9. The Morgan fingerprint density at radius 2 is 1.70 bits per heavy atom. The Balaban J connectivity index is 0.00000210. The molecule has 27 heavy (non-hydrogen) atoms. The van der Waals surface area contributed by atoms with E-state index in [2.05, 4.69) is 66.6 Å². The van der Waals surface area contributed by atoms with Crippen molar-refractivity contribution in [3.05, 3.63) is 65.7 Å². The van der Waals surface area contributed by atoms with E-state index in [-0.39, 0.29) is 22.4 Å². The summed E-state index contributed by atoms with van der Waals surface area (Å²) in [4.78, 5) is 2.13. The van der Waals surface area contributed by atoms with Gasteiger partial charge in [-0.2, -0.15) is 4.90 Å². The normalized spacial score (nSPS) is 22.4. The van der Waals surface area contributed by atoms with Crippen LogP contribution in [0.4, 0.5) is 5.69 Å². The molecule has 5 heteroatoms. The molecule has 1 N–H and O–H groups in total. The lowest BCUT2D eigenvalue weighted by molar-refractivity contribution is -0.532. The van der Waals surface area contributed by atoms with Crippen molar-refractivity contribution in [2.75, 3.05) is 23.7 Å². The molecule has 0 amide bonds. The van der Waals surface area contributed by atoms with Crippen molar-refractivity contribution < 1.29 is 26.7 Å². The molecular formula is C22H27BrN2OS. The molecule has 2 aliphatic heterocycles. The predicted octanol–water partition coefficient (Wildman–Crippen LogP) is 1.16. The van der Waals surface area contributed by atoms with Crippen LogP contribution >= 0.6 is 11.8 Å². The minimum absolute atomic E-state index is 0. The average molecular weight is 447 g/mol. The van der Waals surface area contributed by atoms with Crippen LogP contribution in [-0.4, -0.2) is 33.7 Å². The highest BCUT2D eigenvalue weighted by Crippen LogP contribution is 2.40. The van der Waals surface area contributed by atoms with E-state index in [0.29, 0.717) is 6.54 Å². The second-order valence-corrected chi connectivity index (χ2v) is 9.28. The van der Waals surface area contributed by atoms with E-state index in [9.17, 15) is 5.11 Å². The van der Waals surface area contributed by atoms with E-state index >= 15 is 0 Å². The largest absolute Gasteiger partial charge is 1.00 e. The summed E-state index contributed by atoms with van der Waals surface area (Å²) in [6.07, 6.45) is 1.16. The van der Waals surface area contributed by atoms with Gasteiger partial charge in [-0.15, -0.1) is 0 Å². The minimum atomic E-state index is -1.04. The van der Waals surface area contributed by atoms with Gasteiger partial charge in [-0.3, -0.25) is 0 Å². The number of hydrogen-bond donors (Lipinski definition) is 1. The molecule has 144 valence electrons. The predicted molar refractivity (Wildman–Crippen MR) is 110 cm³/mol. The molecule has 2 heterocycles. The number of benzene rings is 2. The quantitative estimate of drug-likeness (QED) is 0.701. The number of amidine groups is 1. The third-order valence-corrected chi connectivity index (χ3v) is 6.47.